The summed E-state index contributed by atoms with van der Waals surface area (Å²) in [4.78, 5) is 14.7. The van der Waals surface area contributed by atoms with Gasteiger partial charge >= 0.3 is 5.97 Å². The molecule has 1 aromatic heterocycles. The average molecular weight is 236 g/mol. The van der Waals surface area contributed by atoms with Crippen LogP contribution in [0.25, 0.3) is 0 Å². The fourth-order valence-electron chi connectivity index (χ4n) is 1.88. The molecule has 0 spiro atoms. The van der Waals surface area contributed by atoms with E-state index in [0.717, 1.165) is 12.1 Å². The Morgan fingerprint density at radius 1 is 1.41 bits per heavy atom. The van der Waals surface area contributed by atoms with Crippen molar-refractivity contribution < 1.29 is 9.90 Å². The molecule has 1 aromatic rings. The Labute approximate surface area is 102 Å². The van der Waals surface area contributed by atoms with Crippen LogP contribution in [0.2, 0.25) is 0 Å². The Hall–Kier alpha value is -1.58. The molecule has 2 N–H and O–H groups in total. The summed E-state index contributed by atoms with van der Waals surface area (Å²) >= 11 is 0. The van der Waals surface area contributed by atoms with Crippen molar-refractivity contribution in [2.75, 3.05) is 11.9 Å². The van der Waals surface area contributed by atoms with Crippen LogP contribution in [-0.4, -0.2) is 22.6 Å². The SMILES string of the molecule is CC(C)CC(CNc1ccncc1)CC(=O)O. The highest BCUT2D eigenvalue weighted by atomic mass is 16.4. The number of nitrogens with zero attached hydrogens (tertiary/aromatic N) is 1. The molecular formula is C13H20N2O2. The number of carboxylic acids is 1. The van der Waals surface area contributed by atoms with E-state index in [1.54, 1.807) is 12.4 Å². The van der Waals surface area contributed by atoms with E-state index in [0.29, 0.717) is 12.5 Å². The summed E-state index contributed by atoms with van der Waals surface area (Å²) in [6, 6.07) is 3.76. The number of aromatic nitrogens is 1. The minimum absolute atomic E-state index is 0.167. The zero-order chi connectivity index (χ0) is 12.7. The average Bonchev–Trinajstić information content (AvgIpc) is 2.26. The number of pyridine rings is 1. The summed E-state index contributed by atoms with van der Waals surface area (Å²) < 4.78 is 0. The topological polar surface area (TPSA) is 62.2 Å². The lowest BCUT2D eigenvalue weighted by molar-refractivity contribution is -0.138. The maximum Gasteiger partial charge on any atom is 0.303 e. The molecule has 0 fully saturated rings. The molecule has 0 aliphatic rings. The monoisotopic (exact) mass is 236 g/mol. The molecule has 0 radical (unpaired) electrons. The largest absolute Gasteiger partial charge is 0.481 e. The first kappa shape index (κ1) is 13.5. The van der Waals surface area contributed by atoms with Crippen molar-refractivity contribution in [1.82, 2.24) is 4.98 Å². The predicted octanol–water partition coefficient (Wildman–Crippen LogP) is 2.63. The van der Waals surface area contributed by atoms with Gasteiger partial charge in [-0.15, -0.1) is 0 Å². The van der Waals surface area contributed by atoms with Crippen molar-refractivity contribution in [3.8, 4) is 0 Å². The number of rotatable bonds is 7. The predicted molar refractivity (Wildman–Crippen MR) is 67.9 cm³/mol. The van der Waals surface area contributed by atoms with E-state index in [2.05, 4.69) is 24.1 Å². The smallest absolute Gasteiger partial charge is 0.303 e. The van der Waals surface area contributed by atoms with Gasteiger partial charge in [-0.3, -0.25) is 9.78 Å². The summed E-state index contributed by atoms with van der Waals surface area (Å²) in [5, 5.41) is 12.1. The molecule has 4 nitrogen and oxygen atoms in total. The third kappa shape index (κ3) is 5.90. The molecule has 4 heteroatoms. The van der Waals surface area contributed by atoms with Crippen LogP contribution < -0.4 is 5.32 Å². The Morgan fingerprint density at radius 2 is 2.06 bits per heavy atom. The highest BCUT2D eigenvalue weighted by molar-refractivity contribution is 5.67. The number of aliphatic carboxylic acids is 1. The van der Waals surface area contributed by atoms with E-state index in [1.165, 1.54) is 0 Å². The lowest BCUT2D eigenvalue weighted by Gasteiger charge is -2.18. The second-order valence-corrected chi connectivity index (χ2v) is 4.71. The molecule has 1 heterocycles. The molecule has 94 valence electrons. The summed E-state index contributed by atoms with van der Waals surface area (Å²) in [5.74, 6) is -0.0496. The fourth-order valence-corrected chi connectivity index (χ4v) is 1.88. The van der Waals surface area contributed by atoms with Crippen LogP contribution in [-0.2, 0) is 4.79 Å². The van der Waals surface area contributed by atoms with Gasteiger partial charge in [0.1, 0.15) is 0 Å². The standard InChI is InChI=1S/C13H20N2O2/c1-10(2)7-11(8-13(16)17)9-15-12-3-5-14-6-4-12/h3-6,10-11H,7-9H2,1-2H3,(H,14,15)(H,16,17). The molecule has 1 atom stereocenters. The van der Waals surface area contributed by atoms with Crippen molar-refractivity contribution in [2.24, 2.45) is 11.8 Å². The molecule has 0 saturated carbocycles. The van der Waals surface area contributed by atoms with Crippen LogP contribution in [0.15, 0.2) is 24.5 Å². The molecule has 17 heavy (non-hydrogen) atoms. The molecule has 0 aromatic carbocycles. The Morgan fingerprint density at radius 3 is 2.59 bits per heavy atom. The van der Waals surface area contributed by atoms with Crippen molar-refractivity contribution in [2.45, 2.75) is 26.7 Å². The first-order chi connectivity index (χ1) is 8.08. The normalized spacial score (nSPS) is 12.4. The number of carbonyl (C=O) groups is 1. The van der Waals surface area contributed by atoms with Crippen LogP contribution >= 0.6 is 0 Å². The molecule has 1 rings (SSSR count). The first-order valence-electron chi connectivity index (χ1n) is 5.93. The molecule has 0 amide bonds. The van der Waals surface area contributed by atoms with Crippen LogP contribution in [0, 0.1) is 11.8 Å². The van der Waals surface area contributed by atoms with Gasteiger partial charge in [0.25, 0.3) is 0 Å². The van der Waals surface area contributed by atoms with Gasteiger partial charge in [-0.1, -0.05) is 13.8 Å². The minimum atomic E-state index is -0.729. The number of nitrogens with one attached hydrogen (secondary N) is 1. The van der Waals surface area contributed by atoms with Gasteiger partial charge < -0.3 is 10.4 Å². The van der Waals surface area contributed by atoms with E-state index in [-0.39, 0.29) is 12.3 Å². The second-order valence-electron chi connectivity index (χ2n) is 4.71. The lowest BCUT2D eigenvalue weighted by atomic mass is 9.94. The summed E-state index contributed by atoms with van der Waals surface area (Å²) in [5.41, 5.74) is 0.985. The molecule has 0 aliphatic carbocycles. The van der Waals surface area contributed by atoms with Crippen LogP contribution in [0.5, 0.6) is 0 Å². The Bertz CT molecular complexity index is 339. The third-order valence-electron chi connectivity index (χ3n) is 2.54. The molecular weight excluding hydrogens is 216 g/mol. The van der Waals surface area contributed by atoms with Crippen molar-refractivity contribution in [3.63, 3.8) is 0 Å². The number of hydrogen-bond donors (Lipinski definition) is 2. The van der Waals surface area contributed by atoms with Crippen LogP contribution in [0.3, 0.4) is 0 Å². The van der Waals surface area contributed by atoms with E-state index in [9.17, 15) is 4.79 Å². The number of anilines is 1. The van der Waals surface area contributed by atoms with Crippen LogP contribution in [0.4, 0.5) is 5.69 Å². The van der Waals surface area contributed by atoms with Crippen molar-refractivity contribution in [3.05, 3.63) is 24.5 Å². The van der Waals surface area contributed by atoms with E-state index >= 15 is 0 Å². The number of carboxylic acid groups (broad SMARTS) is 1. The van der Waals surface area contributed by atoms with E-state index in [4.69, 9.17) is 5.11 Å². The first-order valence-corrected chi connectivity index (χ1v) is 5.93. The maximum atomic E-state index is 10.8. The fraction of sp³-hybridized carbons (Fsp3) is 0.538. The third-order valence-corrected chi connectivity index (χ3v) is 2.54. The summed E-state index contributed by atoms with van der Waals surface area (Å²) in [6.07, 6.45) is 4.58. The van der Waals surface area contributed by atoms with Gasteiger partial charge in [0.2, 0.25) is 0 Å². The zero-order valence-electron chi connectivity index (χ0n) is 10.4. The quantitative estimate of drug-likeness (QED) is 0.764. The van der Waals surface area contributed by atoms with Gasteiger partial charge in [0, 0.05) is 31.0 Å². The van der Waals surface area contributed by atoms with Gasteiger partial charge in [0.05, 0.1) is 0 Å². The molecule has 0 saturated heterocycles. The second kappa shape index (κ2) is 6.89. The van der Waals surface area contributed by atoms with Crippen molar-refractivity contribution >= 4 is 11.7 Å². The highest BCUT2D eigenvalue weighted by Gasteiger charge is 2.14. The van der Waals surface area contributed by atoms with Gasteiger partial charge in [0.15, 0.2) is 0 Å². The molecule has 0 aliphatic heterocycles. The molecule has 1 unspecified atom stereocenters. The highest BCUT2D eigenvalue weighted by Crippen LogP contribution is 2.16. The lowest BCUT2D eigenvalue weighted by Crippen LogP contribution is -2.19. The van der Waals surface area contributed by atoms with Gasteiger partial charge in [-0.25, -0.2) is 0 Å². The van der Waals surface area contributed by atoms with Gasteiger partial charge in [-0.05, 0) is 30.4 Å². The van der Waals surface area contributed by atoms with Crippen LogP contribution in [0.1, 0.15) is 26.7 Å². The molecule has 0 bridgehead atoms. The van der Waals surface area contributed by atoms with Crippen molar-refractivity contribution in [1.29, 1.82) is 0 Å². The minimum Gasteiger partial charge on any atom is -0.481 e. The summed E-state index contributed by atoms with van der Waals surface area (Å²) in [7, 11) is 0. The van der Waals surface area contributed by atoms with E-state index < -0.39 is 5.97 Å². The van der Waals surface area contributed by atoms with E-state index in [1.807, 2.05) is 12.1 Å². The van der Waals surface area contributed by atoms with Gasteiger partial charge in [-0.2, -0.15) is 0 Å². The number of hydrogen-bond acceptors (Lipinski definition) is 3. The zero-order valence-corrected chi connectivity index (χ0v) is 10.4. The summed E-state index contributed by atoms with van der Waals surface area (Å²) in [6.45, 7) is 4.91. The Balaban J connectivity index is 2.45. The maximum absolute atomic E-state index is 10.8. The Kier molecular flexibility index (Phi) is 5.46.